The summed E-state index contributed by atoms with van der Waals surface area (Å²) >= 11 is 3.40. The van der Waals surface area contributed by atoms with Gasteiger partial charge in [0.1, 0.15) is 0 Å². The Kier molecular flexibility index (Phi) is 3.23. The zero-order valence-electron chi connectivity index (χ0n) is 7.34. The molecule has 0 amide bonds. The van der Waals surface area contributed by atoms with Crippen LogP contribution >= 0.6 is 15.9 Å². The third kappa shape index (κ3) is 2.05. The highest BCUT2D eigenvalue weighted by molar-refractivity contribution is 9.10. The van der Waals surface area contributed by atoms with E-state index in [4.69, 9.17) is 5.73 Å². The van der Waals surface area contributed by atoms with Crippen LogP contribution in [0.4, 0.5) is 0 Å². The van der Waals surface area contributed by atoms with E-state index in [2.05, 4.69) is 34.8 Å². The quantitative estimate of drug-likeness (QED) is 0.845. The van der Waals surface area contributed by atoms with Gasteiger partial charge in [-0.05, 0) is 34.0 Å². The van der Waals surface area contributed by atoms with Gasteiger partial charge >= 0.3 is 0 Å². The van der Waals surface area contributed by atoms with Gasteiger partial charge in [0.25, 0.3) is 0 Å². The molecule has 1 aromatic rings. The summed E-state index contributed by atoms with van der Waals surface area (Å²) in [6.07, 6.45) is 0. The highest BCUT2D eigenvalue weighted by atomic mass is 79.9. The van der Waals surface area contributed by atoms with Gasteiger partial charge in [0, 0.05) is 16.7 Å². The van der Waals surface area contributed by atoms with E-state index in [1.165, 1.54) is 0 Å². The van der Waals surface area contributed by atoms with Crippen LogP contribution in [-0.4, -0.2) is 4.98 Å². The molecule has 0 atom stereocenters. The molecule has 1 heterocycles. The summed E-state index contributed by atoms with van der Waals surface area (Å²) < 4.78 is 0.995. The Morgan fingerprint density at radius 1 is 1.50 bits per heavy atom. The molecule has 0 spiro atoms. The van der Waals surface area contributed by atoms with E-state index in [1.807, 2.05) is 12.1 Å². The molecule has 1 aromatic heterocycles. The van der Waals surface area contributed by atoms with Crippen molar-refractivity contribution in [1.82, 2.24) is 4.98 Å². The molecule has 0 aliphatic rings. The van der Waals surface area contributed by atoms with Gasteiger partial charge < -0.3 is 5.73 Å². The number of rotatable bonds is 2. The first-order chi connectivity index (χ1) is 5.65. The molecule has 12 heavy (non-hydrogen) atoms. The van der Waals surface area contributed by atoms with Crippen LogP contribution in [0.1, 0.15) is 31.2 Å². The van der Waals surface area contributed by atoms with E-state index < -0.39 is 0 Å². The molecular weight excluding hydrogens is 216 g/mol. The highest BCUT2D eigenvalue weighted by Crippen LogP contribution is 2.18. The van der Waals surface area contributed by atoms with Crippen molar-refractivity contribution < 1.29 is 0 Å². The fourth-order valence-electron chi connectivity index (χ4n) is 0.966. The van der Waals surface area contributed by atoms with Crippen LogP contribution in [-0.2, 0) is 6.54 Å². The third-order valence-corrected chi connectivity index (χ3v) is 2.45. The average molecular weight is 229 g/mol. The van der Waals surface area contributed by atoms with Crippen LogP contribution in [0.5, 0.6) is 0 Å². The third-order valence-electron chi connectivity index (χ3n) is 1.73. The maximum Gasteiger partial charge on any atom is 0.0684 e. The minimum atomic E-state index is 0.461. The van der Waals surface area contributed by atoms with Gasteiger partial charge in [0.05, 0.1) is 5.69 Å². The molecule has 0 saturated heterocycles. The Balaban J connectivity index is 3.05. The topological polar surface area (TPSA) is 38.9 Å². The summed E-state index contributed by atoms with van der Waals surface area (Å²) in [5.74, 6) is 0.461. The van der Waals surface area contributed by atoms with Crippen LogP contribution in [0.2, 0.25) is 0 Å². The second-order valence-electron chi connectivity index (χ2n) is 3.02. The Morgan fingerprint density at radius 3 is 2.67 bits per heavy atom. The number of hydrogen-bond acceptors (Lipinski definition) is 2. The van der Waals surface area contributed by atoms with Gasteiger partial charge in [-0.15, -0.1) is 0 Å². The molecule has 3 heteroatoms. The molecule has 0 saturated carbocycles. The van der Waals surface area contributed by atoms with Crippen molar-refractivity contribution in [2.45, 2.75) is 26.3 Å². The number of nitrogens with two attached hydrogens (primary N) is 1. The lowest BCUT2D eigenvalue weighted by Crippen LogP contribution is -2.03. The van der Waals surface area contributed by atoms with Crippen LogP contribution in [0, 0.1) is 0 Å². The van der Waals surface area contributed by atoms with E-state index in [-0.39, 0.29) is 0 Å². The van der Waals surface area contributed by atoms with E-state index in [9.17, 15) is 0 Å². The highest BCUT2D eigenvalue weighted by Gasteiger charge is 2.04. The van der Waals surface area contributed by atoms with Crippen LogP contribution < -0.4 is 5.73 Å². The number of pyridine rings is 1. The molecule has 0 bridgehead atoms. The number of halogens is 1. The second kappa shape index (κ2) is 4.01. The first kappa shape index (κ1) is 9.68. The zero-order valence-corrected chi connectivity index (χ0v) is 8.93. The second-order valence-corrected chi connectivity index (χ2v) is 3.88. The predicted octanol–water partition coefficient (Wildman–Crippen LogP) is 2.43. The van der Waals surface area contributed by atoms with Crippen molar-refractivity contribution in [3.63, 3.8) is 0 Å². The molecule has 0 aliphatic carbocycles. The van der Waals surface area contributed by atoms with Gasteiger partial charge in [0.15, 0.2) is 0 Å². The largest absolute Gasteiger partial charge is 0.325 e. The molecule has 0 aliphatic heterocycles. The first-order valence-corrected chi connectivity index (χ1v) is 4.80. The Hall–Kier alpha value is -0.410. The first-order valence-electron chi connectivity index (χ1n) is 4.00. The van der Waals surface area contributed by atoms with Crippen molar-refractivity contribution in [2.24, 2.45) is 5.73 Å². The monoisotopic (exact) mass is 228 g/mol. The van der Waals surface area contributed by atoms with Crippen molar-refractivity contribution in [3.05, 3.63) is 28.0 Å². The minimum Gasteiger partial charge on any atom is -0.325 e. The van der Waals surface area contributed by atoms with Gasteiger partial charge in [0.2, 0.25) is 0 Å². The van der Waals surface area contributed by atoms with Crippen LogP contribution in [0.15, 0.2) is 16.6 Å². The summed E-state index contributed by atoms with van der Waals surface area (Å²) in [5.41, 5.74) is 7.55. The van der Waals surface area contributed by atoms with Crippen molar-refractivity contribution >= 4 is 15.9 Å². The van der Waals surface area contributed by atoms with Crippen LogP contribution in [0.25, 0.3) is 0 Å². The summed E-state index contributed by atoms with van der Waals surface area (Å²) in [6.45, 7) is 4.73. The molecule has 0 radical (unpaired) electrons. The number of hydrogen-bond donors (Lipinski definition) is 1. The van der Waals surface area contributed by atoms with Gasteiger partial charge in [-0.25, -0.2) is 0 Å². The molecule has 1 rings (SSSR count). The van der Waals surface area contributed by atoms with Crippen molar-refractivity contribution in [1.29, 1.82) is 0 Å². The van der Waals surface area contributed by atoms with Crippen molar-refractivity contribution in [2.75, 3.05) is 0 Å². The Labute approximate surface area is 81.3 Å². The lowest BCUT2D eigenvalue weighted by molar-refractivity contribution is 0.801. The van der Waals surface area contributed by atoms with Crippen LogP contribution in [0.3, 0.4) is 0 Å². The van der Waals surface area contributed by atoms with E-state index in [0.717, 1.165) is 15.9 Å². The molecule has 66 valence electrons. The molecule has 0 fully saturated rings. The molecular formula is C9H13BrN2. The molecule has 0 unspecified atom stereocenters. The van der Waals surface area contributed by atoms with E-state index in [0.29, 0.717) is 12.5 Å². The summed E-state index contributed by atoms with van der Waals surface area (Å²) in [7, 11) is 0. The maximum atomic E-state index is 5.53. The fourth-order valence-corrected chi connectivity index (χ4v) is 1.35. The SMILES string of the molecule is CC(C)c1ccc(Br)c(CN)n1. The number of aromatic nitrogens is 1. The zero-order chi connectivity index (χ0) is 9.14. The normalized spacial score (nSPS) is 10.8. The lowest BCUT2D eigenvalue weighted by atomic mass is 10.1. The van der Waals surface area contributed by atoms with Crippen molar-refractivity contribution in [3.8, 4) is 0 Å². The molecule has 2 N–H and O–H groups in total. The lowest BCUT2D eigenvalue weighted by Gasteiger charge is -2.07. The predicted molar refractivity (Wildman–Crippen MR) is 53.9 cm³/mol. The fraction of sp³-hybridized carbons (Fsp3) is 0.444. The van der Waals surface area contributed by atoms with Gasteiger partial charge in [-0.3, -0.25) is 4.98 Å². The Bertz CT molecular complexity index is 271. The molecule has 2 nitrogen and oxygen atoms in total. The summed E-state index contributed by atoms with van der Waals surface area (Å²) in [5, 5.41) is 0. The minimum absolute atomic E-state index is 0.461. The summed E-state index contributed by atoms with van der Waals surface area (Å²) in [6, 6.07) is 4.03. The smallest absolute Gasteiger partial charge is 0.0684 e. The average Bonchev–Trinajstić information content (AvgIpc) is 2.05. The van der Waals surface area contributed by atoms with E-state index in [1.54, 1.807) is 0 Å². The Morgan fingerprint density at radius 2 is 2.17 bits per heavy atom. The standard InChI is InChI=1S/C9H13BrN2/c1-6(2)8-4-3-7(10)9(5-11)12-8/h3-4,6H,5,11H2,1-2H3. The van der Waals surface area contributed by atoms with Gasteiger partial charge in [-0.1, -0.05) is 13.8 Å². The number of nitrogens with zero attached hydrogens (tertiary/aromatic N) is 1. The maximum absolute atomic E-state index is 5.53. The summed E-state index contributed by atoms with van der Waals surface area (Å²) in [4.78, 5) is 4.42. The van der Waals surface area contributed by atoms with Gasteiger partial charge in [-0.2, -0.15) is 0 Å². The van der Waals surface area contributed by atoms with E-state index >= 15 is 0 Å². The molecule has 0 aromatic carbocycles.